The molecule has 0 radical (unpaired) electrons. The number of nitrogens with zero attached hydrogens (tertiary/aromatic N) is 5. The second-order valence-corrected chi connectivity index (χ2v) is 6.72. The van der Waals surface area contributed by atoms with Gasteiger partial charge in [-0.2, -0.15) is 10.5 Å². The van der Waals surface area contributed by atoms with Gasteiger partial charge in [-0.05, 0) is 30.7 Å². The number of β-amino-alcohol motifs (C(OH)–C–C–N with tert-alkyl or cyclic N) is 1. The Labute approximate surface area is 173 Å². The molecule has 0 bridgehead atoms. The fourth-order valence-corrected chi connectivity index (χ4v) is 2.81. The molecule has 3 heterocycles. The fraction of sp³-hybridized carbons (Fsp3) is 0.300. The fourth-order valence-electron chi connectivity index (χ4n) is 2.66. The van der Waals surface area contributed by atoms with E-state index in [1.54, 1.807) is 18.2 Å². The lowest BCUT2D eigenvalue weighted by atomic mass is 10.2. The molecule has 148 valence electrons. The summed E-state index contributed by atoms with van der Waals surface area (Å²) < 4.78 is 0. The molecule has 0 spiro atoms. The van der Waals surface area contributed by atoms with E-state index in [1.165, 1.54) is 26.0 Å². The van der Waals surface area contributed by atoms with E-state index < -0.39 is 0 Å². The first-order valence-corrected chi connectivity index (χ1v) is 9.07. The summed E-state index contributed by atoms with van der Waals surface area (Å²) in [5.41, 5.74) is 1.58. The van der Waals surface area contributed by atoms with Gasteiger partial charge in [-0.1, -0.05) is 11.6 Å². The lowest BCUT2D eigenvalue weighted by molar-refractivity contribution is 0.100. The number of aliphatic hydroxyl groups excluding tert-OH is 1. The quantitative estimate of drug-likeness (QED) is 0.762. The van der Waals surface area contributed by atoms with Gasteiger partial charge < -0.3 is 10.0 Å². The predicted molar refractivity (Wildman–Crippen MR) is 106 cm³/mol. The number of ketones is 2. The molecule has 3 rings (SSSR count). The minimum atomic E-state index is -0.353. The minimum absolute atomic E-state index is 0.0874. The van der Waals surface area contributed by atoms with Crippen LogP contribution in [0.25, 0.3) is 0 Å². The van der Waals surface area contributed by atoms with Crippen LogP contribution in [0.1, 0.15) is 52.6 Å². The second kappa shape index (κ2) is 9.74. The number of aliphatic hydroxyl groups is 1. The Morgan fingerprint density at radius 2 is 1.62 bits per heavy atom. The Kier molecular flexibility index (Phi) is 7.38. The average Bonchev–Trinajstić information content (AvgIpc) is 3.14. The number of hydrogen-bond acceptors (Lipinski definition) is 8. The number of nitriles is 2. The van der Waals surface area contributed by atoms with E-state index in [1.807, 2.05) is 11.0 Å². The van der Waals surface area contributed by atoms with Gasteiger partial charge in [-0.3, -0.25) is 9.59 Å². The summed E-state index contributed by atoms with van der Waals surface area (Å²) in [5.74, 6) is -0.335. The van der Waals surface area contributed by atoms with Crippen molar-refractivity contribution in [3.8, 4) is 12.1 Å². The van der Waals surface area contributed by atoms with Crippen molar-refractivity contribution < 1.29 is 14.7 Å². The SMILES string of the molecule is CC(=O)c1ccc(Cl)c(C#N)n1.CC(=O)c1ccc(N2CC[C@H](O)C2)c(C#N)n1. The van der Waals surface area contributed by atoms with Crippen LogP contribution >= 0.6 is 11.6 Å². The Balaban J connectivity index is 0.000000221. The third-order valence-corrected chi connectivity index (χ3v) is 4.46. The number of carbonyl (C=O) groups excluding carboxylic acids is 2. The van der Waals surface area contributed by atoms with Crippen LogP contribution in [0.15, 0.2) is 24.3 Å². The maximum Gasteiger partial charge on any atom is 0.178 e. The molecular weight excluding hydrogens is 394 g/mol. The topological polar surface area (TPSA) is 131 Å². The third kappa shape index (κ3) is 5.58. The van der Waals surface area contributed by atoms with Crippen LogP contribution in [0.4, 0.5) is 5.69 Å². The number of carbonyl (C=O) groups is 2. The molecule has 9 heteroatoms. The molecule has 2 aromatic heterocycles. The molecule has 0 amide bonds. The first-order valence-electron chi connectivity index (χ1n) is 8.69. The lowest BCUT2D eigenvalue weighted by Crippen LogP contribution is -2.22. The van der Waals surface area contributed by atoms with Crippen LogP contribution in [0.5, 0.6) is 0 Å². The monoisotopic (exact) mass is 411 g/mol. The number of hydrogen-bond donors (Lipinski definition) is 1. The minimum Gasteiger partial charge on any atom is -0.391 e. The largest absolute Gasteiger partial charge is 0.391 e. The summed E-state index contributed by atoms with van der Waals surface area (Å²) in [6, 6.07) is 10.1. The van der Waals surface area contributed by atoms with Gasteiger partial charge >= 0.3 is 0 Å². The molecule has 29 heavy (non-hydrogen) atoms. The van der Waals surface area contributed by atoms with E-state index in [9.17, 15) is 14.7 Å². The van der Waals surface area contributed by atoms with E-state index in [-0.39, 0.29) is 39.8 Å². The van der Waals surface area contributed by atoms with Crippen molar-refractivity contribution in [3.05, 3.63) is 52.1 Å². The Bertz CT molecular complexity index is 1030. The summed E-state index contributed by atoms with van der Waals surface area (Å²) in [5, 5.41) is 27.3. The number of pyridine rings is 2. The van der Waals surface area contributed by atoms with Crippen molar-refractivity contribution >= 4 is 28.9 Å². The summed E-state index contributed by atoms with van der Waals surface area (Å²) >= 11 is 5.60. The summed E-state index contributed by atoms with van der Waals surface area (Å²) in [4.78, 5) is 31.7. The average molecular weight is 412 g/mol. The molecule has 2 aromatic rings. The van der Waals surface area contributed by atoms with Gasteiger partial charge in [0.2, 0.25) is 0 Å². The summed E-state index contributed by atoms with van der Waals surface area (Å²) in [6.07, 6.45) is 0.341. The normalized spacial score (nSPS) is 15.0. The van der Waals surface area contributed by atoms with E-state index in [0.717, 1.165) is 0 Å². The Morgan fingerprint density at radius 3 is 2.10 bits per heavy atom. The Morgan fingerprint density at radius 1 is 1.07 bits per heavy atom. The van der Waals surface area contributed by atoms with Gasteiger partial charge in [-0.15, -0.1) is 0 Å². The molecular formula is C20H18ClN5O3. The van der Waals surface area contributed by atoms with Gasteiger partial charge in [0.1, 0.15) is 23.5 Å². The molecule has 0 aliphatic carbocycles. The maximum atomic E-state index is 11.2. The van der Waals surface area contributed by atoms with Crippen molar-refractivity contribution in [2.24, 2.45) is 0 Å². The van der Waals surface area contributed by atoms with Crippen molar-refractivity contribution in [3.63, 3.8) is 0 Å². The predicted octanol–water partition coefficient (Wildman–Crippen LogP) is 2.54. The Hall–Kier alpha value is -3.33. The van der Waals surface area contributed by atoms with Gasteiger partial charge in [-0.25, -0.2) is 9.97 Å². The molecule has 1 aliphatic heterocycles. The van der Waals surface area contributed by atoms with Crippen LogP contribution in [0.2, 0.25) is 5.02 Å². The molecule has 0 aromatic carbocycles. The highest BCUT2D eigenvalue weighted by molar-refractivity contribution is 6.31. The molecule has 1 fully saturated rings. The first-order chi connectivity index (χ1) is 13.8. The van der Waals surface area contributed by atoms with Crippen LogP contribution in [0, 0.1) is 22.7 Å². The van der Waals surface area contributed by atoms with Crippen LogP contribution in [0.3, 0.4) is 0 Å². The molecule has 1 N–H and O–H groups in total. The maximum absolute atomic E-state index is 11.2. The first kappa shape index (κ1) is 22.0. The van der Waals surface area contributed by atoms with Crippen LogP contribution in [-0.4, -0.2) is 45.8 Å². The smallest absolute Gasteiger partial charge is 0.178 e. The number of rotatable bonds is 3. The number of anilines is 1. The summed E-state index contributed by atoms with van der Waals surface area (Å²) in [6.45, 7) is 4.02. The van der Waals surface area contributed by atoms with Crippen LogP contribution < -0.4 is 4.90 Å². The standard InChI is InChI=1S/C12H13N3O2.C8H5ClN2O/c1-8(16)10-2-3-12(11(6-13)14-10)15-5-4-9(17)7-15;1-5(12)7-3-2-6(9)8(4-10)11-7/h2-3,9,17H,4-5,7H2,1H3;2-3H,1H3/t9-;/m0./s1. The highest BCUT2D eigenvalue weighted by atomic mass is 35.5. The van der Waals surface area contributed by atoms with E-state index in [4.69, 9.17) is 22.1 Å². The van der Waals surface area contributed by atoms with Crippen molar-refractivity contribution in [1.29, 1.82) is 10.5 Å². The van der Waals surface area contributed by atoms with Gasteiger partial charge in [0, 0.05) is 26.9 Å². The highest BCUT2D eigenvalue weighted by Gasteiger charge is 2.23. The number of Topliss-reactive ketones (excluding diaryl/α,β-unsaturated/α-hetero) is 2. The molecule has 0 unspecified atom stereocenters. The van der Waals surface area contributed by atoms with Gasteiger partial charge in [0.15, 0.2) is 23.0 Å². The third-order valence-electron chi connectivity index (χ3n) is 4.16. The van der Waals surface area contributed by atoms with Gasteiger partial charge in [0.05, 0.1) is 16.8 Å². The zero-order chi connectivity index (χ0) is 21.6. The van der Waals surface area contributed by atoms with E-state index in [0.29, 0.717) is 30.9 Å². The number of halogens is 1. The molecule has 1 saturated heterocycles. The number of aromatic nitrogens is 2. The second-order valence-electron chi connectivity index (χ2n) is 6.32. The molecule has 8 nitrogen and oxygen atoms in total. The van der Waals surface area contributed by atoms with E-state index in [2.05, 4.69) is 9.97 Å². The van der Waals surface area contributed by atoms with Crippen LogP contribution in [-0.2, 0) is 0 Å². The van der Waals surface area contributed by atoms with Gasteiger partial charge in [0.25, 0.3) is 0 Å². The zero-order valence-corrected chi connectivity index (χ0v) is 16.6. The van der Waals surface area contributed by atoms with Crippen molar-refractivity contribution in [2.45, 2.75) is 26.4 Å². The highest BCUT2D eigenvalue weighted by Crippen LogP contribution is 2.23. The zero-order valence-electron chi connectivity index (χ0n) is 15.9. The lowest BCUT2D eigenvalue weighted by Gasteiger charge is -2.18. The summed E-state index contributed by atoms with van der Waals surface area (Å²) in [7, 11) is 0. The molecule has 0 saturated carbocycles. The van der Waals surface area contributed by atoms with Crippen molar-refractivity contribution in [2.75, 3.05) is 18.0 Å². The molecule has 1 atom stereocenters. The molecule has 1 aliphatic rings. The van der Waals surface area contributed by atoms with Crippen molar-refractivity contribution in [1.82, 2.24) is 9.97 Å². The van der Waals surface area contributed by atoms with E-state index >= 15 is 0 Å².